The van der Waals surface area contributed by atoms with Gasteiger partial charge in [-0.25, -0.2) is 0 Å². The molecule has 1 aromatic carbocycles. The van der Waals surface area contributed by atoms with E-state index in [1.807, 2.05) is 11.8 Å². The van der Waals surface area contributed by atoms with Gasteiger partial charge in [0.1, 0.15) is 0 Å². The van der Waals surface area contributed by atoms with Crippen molar-refractivity contribution in [2.24, 2.45) is 0 Å². The van der Waals surface area contributed by atoms with Crippen LogP contribution in [-0.4, -0.2) is 18.3 Å². The van der Waals surface area contributed by atoms with Gasteiger partial charge in [0, 0.05) is 23.2 Å². The molecular weight excluding hydrogens is 202 g/mol. The monoisotopic (exact) mass is 221 g/mol. The maximum atomic E-state index is 2.37. The lowest BCUT2D eigenvalue weighted by atomic mass is 10.1. The Balaban J connectivity index is 2.42. The van der Waals surface area contributed by atoms with Gasteiger partial charge in [-0.05, 0) is 38.0 Å². The average molecular weight is 221 g/mol. The smallest absolute Gasteiger partial charge is 0.0502 e. The number of hydrogen-bond acceptors (Lipinski definition) is 2. The van der Waals surface area contributed by atoms with Crippen molar-refractivity contribution in [1.29, 1.82) is 0 Å². The van der Waals surface area contributed by atoms with Crippen molar-refractivity contribution >= 4 is 17.4 Å². The summed E-state index contributed by atoms with van der Waals surface area (Å²) in [6.07, 6.45) is 1.12. The summed E-state index contributed by atoms with van der Waals surface area (Å²) in [7, 11) is 2.19. The van der Waals surface area contributed by atoms with Crippen LogP contribution in [-0.2, 0) is 6.42 Å². The molecule has 0 radical (unpaired) electrons. The second-order valence-electron chi connectivity index (χ2n) is 4.87. The zero-order valence-electron chi connectivity index (χ0n) is 10.0. The molecule has 1 aliphatic heterocycles. The molecule has 0 bridgehead atoms. The van der Waals surface area contributed by atoms with Gasteiger partial charge in [-0.1, -0.05) is 13.0 Å². The molecule has 0 spiro atoms. The van der Waals surface area contributed by atoms with Gasteiger partial charge in [-0.3, -0.25) is 0 Å². The fourth-order valence-electron chi connectivity index (χ4n) is 2.16. The van der Waals surface area contributed by atoms with Crippen LogP contribution < -0.4 is 4.90 Å². The lowest BCUT2D eigenvalue weighted by molar-refractivity contribution is 0.676. The van der Waals surface area contributed by atoms with Gasteiger partial charge >= 0.3 is 0 Å². The number of aryl methyl sites for hydroxylation is 1. The van der Waals surface area contributed by atoms with Gasteiger partial charge in [0.15, 0.2) is 0 Å². The van der Waals surface area contributed by atoms with Crippen LogP contribution in [0.2, 0.25) is 0 Å². The molecule has 2 heteroatoms. The SMILES string of the molecule is CCc1ccc2c(c1)SC(C)(C)CN2C. The van der Waals surface area contributed by atoms with Crippen LogP contribution in [0, 0.1) is 0 Å². The standard InChI is InChI=1S/C13H19NS/c1-5-10-6-7-11-12(8-10)15-13(2,3)9-14(11)4/h6-8H,5,9H2,1-4H3. The highest BCUT2D eigenvalue weighted by Gasteiger charge is 2.28. The van der Waals surface area contributed by atoms with Crippen LogP contribution in [0.15, 0.2) is 23.1 Å². The van der Waals surface area contributed by atoms with Crippen LogP contribution in [0.5, 0.6) is 0 Å². The van der Waals surface area contributed by atoms with E-state index in [2.05, 4.69) is 50.9 Å². The molecule has 1 aliphatic rings. The van der Waals surface area contributed by atoms with Crippen LogP contribution in [0.4, 0.5) is 5.69 Å². The van der Waals surface area contributed by atoms with E-state index in [9.17, 15) is 0 Å². The predicted molar refractivity (Wildman–Crippen MR) is 69.0 cm³/mol. The minimum Gasteiger partial charge on any atom is -0.372 e. The Hall–Kier alpha value is -0.630. The number of anilines is 1. The summed E-state index contributed by atoms with van der Waals surface area (Å²) in [5, 5.41) is 0. The van der Waals surface area contributed by atoms with E-state index >= 15 is 0 Å². The highest BCUT2D eigenvalue weighted by molar-refractivity contribution is 8.00. The summed E-state index contributed by atoms with van der Waals surface area (Å²) in [6.45, 7) is 7.96. The van der Waals surface area contributed by atoms with Gasteiger partial charge in [-0.2, -0.15) is 0 Å². The van der Waals surface area contributed by atoms with E-state index in [-0.39, 0.29) is 0 Å². The van der Waals surface area contributed by atoms with Crippen LogP contribution in [0.3, 0.4) is 0 Å². The van der Waals surface area contributed by atoms with Crippen molar-refractivity contribution in [3.05, 3.63) is 23.8 Å². The summed E-state index contributed by atoms with van der Waals surface area (Å²) in [6, 6.07) is 6.85. The molecule has 1 heterocycles. The molecule has 0 fully saturated rings. The highest BCUT2D eigenvalue weighted by atomic mass is 32.2. The van der Waals surface area contributed by atoms with Crippen molar-refractivity contribution in [2.75, 3.05) is 18.5 Å². The maximum absolute atomic E-state index is 2.37. The molecule has 0 N–H and O–H groups in total. The molecule has 1 nitrogen and oxygen atoms in total. The molecule has 0 unspecified atom stereocenters. The summed E-state index contributed by atoms with van der Waals surface area (Å²) in [4.78, 5) is 3.80. The minimum atomic E-state index is 0.327. The minimum absolute atomic E-state index is 0.327. The molecule has 82 valence electrons. The Morgan fingerprint density at radius 2 is 2.13 bits per heavy atom. The zero-order valence-corrected chi connectivity index (χ0v) is 10.8. The van der Waals surface area contributed by atoms with E-state index in [4.69, 9.17) is 0 Å². The van der Waals surface area contributed by atoms with Crippen LogP contribution in [0.1, 0.15) is 26.3 Å². The highest BCUT2D eigenvalue weighted by Crippen LogP contribution is 2.43. The summed E-state index contributed by atoms with van der Waals surface area (Å²) in [5.41, 5.74) is 2.82. The molecule has 0 atom stereocenters. The fraction of sp³-hybridized carbons (Fsp3) is 0.538. The lowest BCUT2D eigenvalue weighted by Crippen LogP contribution is -2.37. The first-order valence-electron chi connectivity index (χ1n) is 5.55. The molecule has 1 aromatic rings. The molecular formula is C13H19NS. The first kappa shape index (κ1) is 10.9. The third kappa shape index (κ3) is 2.15. The Morgan fingerprint density at radius 3 is 2.80 bits per heavy atom. The normalized spacial score (nSPS) is 18.8. The molecule has 15 heavy (non-hydrogen) atoms. The van der Waals surface area contributed by atoms with E-state index in [1.54, 1.807) is 0 Å². The molecule has 0 saturated heterocycles. The van der Waals surface area contributed by atoms with E-state index in [0.29, 0.717) is 4.75 Å². The van der Waals surface area contributed by atoms with Crippen molar-refractivity contribution in [2.45, 2.75) is 36.8 Å². The van der Waals surface area contributed by atoms with Crippen LogP contribution in [0.25, 0.3) is 0 Å². The third-order valence-corrected chi connectivity index (χ3v) is 4.08. The number of hydrogen-bond donors (Lipinski definition) is 0. The van der Waals surface area contributed by atoms with E-state index in [1.165, 1.54) is 16.1 Å². The largest absolute Gasteiger partial charge is 0.372 e. The first-order valence-corrected chi connectivity index (χ1v) is 6.36. The Labute approximate surface area is 96.9 Å². The average Bonchev–Trinajstić information content (AvgIpc) is 2.14. The second kappa shape index (κ2) is 3.75. The number of thioether (sulfide) groups is 1. The second-order valence-corrected chi connectivity index (χ2v) is 6.62. The van der Waals surface area contributed by atoms with E-state index in [0.717, 1.165) is 13.0 Å². The lowest BCUT2D eigenvalue weighted by Gasteiger charge is -2.38. The van der Waals surface area contributed by atoms with Crippen LogP contribution >= 0.6 is 11.8 Å². The number of nitrogens with zero attached hydrogens (tertiary/aromatic N) is 1. The summed E-state index contributed by atoms with van der Waals surface area (Å²) < 4.78 is 0.327. The number of rotatable bonds is 1. The zero-order chi connectivity index (χ0) is 11.1. The third-order valence-electron chi connectivity index (χ3n) is 2.85. The van der Waals surface area contributed by atoms with Crippen molar-refractivity contribution in [3.8, 4) is 0 Å². The fourth-order valence-corrected chi connectivity index (χ4v) is 3.55. The van der Waals surface area contributed by atoms with Gasteiger partial charge in [0.25, 0.3) is 0 Å². The van der Waals surface area contributed by atoms with Gasteiger partial charge in [0.05, 0.1) is 5.69 Å². The summed E-state index contributed by atoms with van der Waals surface area (Å²) in [5.74, 6) is 0. The van der Waals surface area contributed by atoms with Gasteiger partial charge in [0.2, 0.25) is 0 Å². The molecule has 0 aliphatic carbocycles. The number of benzene rings is 1. The molecule has 2 rings (SSSR count). The topological polar surface area (TPSA) is 3.24 Å². The van der Waals surface area contributed by atoms with Crippen molar-refractivity contribution in [1.82, 2.24) is 0 Å². The number of fused-ring (bicyclic) bond motifs is 1. The maximum Gasteiger partial charge on any atom is 0.0502 e. The van der Waals surface area contributed by atoms with E-state index < -0.39 is 0 Å². The summed E-state index contributed by atoms with van der Waals surface area (Å²) >= 11 is 2.01. The Bertz CT molecular complexity index is 371. The molecule has 0 amide bonds. The molecule has 0 saturated carbocycles. The van der Waals surface area contributed by atoms with Crippen molar-refractivity contribution < 1.29 is 0 Å². The quantitative estimate of drug-likeness (QED) is 0.713. The molecule has 0 aromatic heterocycles. The predicted octanol–water partition coefficient (Wildman–Crippen LogP) is 3.57. The Kier molecular flexibility index (Phi) is 2.72. The van der Waals surface area contributed by atoms with Gasteiger partial charge < -0.3 is 4.90 Å². The first-order chi connectivity index (χ1) is 7.02. The van der Waals surface area contributed by atoms with Crippen molar-refractivity contribution in [3.63, 3.8) is 0 Å². The van der Waals surface area contributed by atoms with Gasteiger partial charge in [-0.15, -0.1) is 11.8 Å². The Morgan fingerprint density at radius 1 is 1.40 bits per heavy atom.